The largest absolute Gasteiger partial charge is 0.356 e. The monoisotopic (exact) mass is 331 g/mol. The van der Waals surface area contributed by atoms with Gasteiger partial charge in [-0.1, -0.05) is 12.1 Å². The molecular weight excluding hydrogens is 305 g/mol. The van der Waals surface area contributed by atoms with Crippen molar-refractivity contribution in [2.45, 2.75) is 39.8 Å². The van der Waals surface area contributed by atoms with Crippen LogP contribution >= 0.6 is 0 Å². The Balaban J connectivity index is 1.67. The van der Waals surface area contributed by atoms with Crippen molar-refractivity contribution in [2.24, 2.45) is 4.99 Å². The van der Waals surface area contributed by atoms with Crippen LogP contribution in [-0.4, -0.2) is 29.1 Å². The number of nitrogens with one attached hydrogen (secondary N) is 2. The number of rotatable bonds is 7. The van der Waals surface area contributed by atoms with Gasteiger partial charge in [-0.15, -0.1) is 0 Å². The second kappa shape index (κ2) is 9.05. The lowest BCUT2D eigenvalue weighted by Gasteiger charge is -2.12. The molecule has 1 heterocycles. The smallest absolute Gasteiger partial charge is 0.191 e. The van der Waals surface area contributed by atoms with Crippen LogP contribution in [0.3, 0.4) is 0 Å². The highest BCUT2D eigenvalue weighted by atomic mass is 19.1. The van der Waals surface area contributed by atoms with E-state index in [4.69, 9.17) is 0 Å². The minimum absolute atomic E-state index is 0.174. The maximum absolute atomic E-state index is 13.5. The zero-order valence-corrected chi connectivity index (χ0v) is 14.6. The number of hydrogen-bond donors (Lipinski definition) is 2. The van der Waals surface area contributed by atoms with E-state index in [-0.39, 0.29) is 5.82 Å². The molecule has 6 heteroatoms. The number of aliphatic imine (C=N–C) groups is 1. The molecule has 5 nitrogen and oxygen atoms in total. The molecule has 0 aliphatic rings. The SMILES string of the molecule is CN=C(NCCCCn1ccnc1C)NCc1ccc(C)c(F)c1. The van der Waals surface area contributed by atoms with Crippen molar-refractivity contribution < 1.29 is 4.39 Å². The lowest BCUT2D eigenvalue weighted by atomic mass is 10.1. The van der Waals surface area contributed by atoms with E-state index in [1.54, 1.807) is 26.1 Å². The van der Waals surface area contributed by atoms with Crippen molar-refractivity contribution in [3.05, 3.63) is 53.4 Å². The van der Waals surface area contributed by atoms with Gasteiger partial charge >= 0.3 is 0 Å². The summed E-state index contributed by atoms with van der Waals surface area (Å²) in [5.74, 6) is 1.60. The Morgan fingerprint density at radius 1 is 1.25 bits per heavy atom. The van der Waals surface area contributed by atoms with Crippen molar-refractivity contribution in [3.63, 3.8) is 0 Å². The predicted molar refractivity (Wildman–Crippen MR) is 95.5 cm³/mol. The first kappa shape index (κ1) is 18.0. The fourth-order valence-corrected chi connectivity index (χ4v) is 2.41. The van der Waals surface area contributed by atoms with Crippen LogP contribution < -0.4 is 10.6 Å². The van der Waals surface area contributed by atoms with Crippen LogP contribution in [0.4, 0.5) is 4.39 Å². The van der Waals surface area contributed by atoms with Crippen LogP contribution in [0, 0.1) is 19.7 Å². The van der Waals surface area contributed by atoms with E-state index >= 15 is 0 Å². The molecule has 1 aromatic heterocycles. The lowest BCUT2D eigenvalue weighted by Crippen LogP contribution is -2.37. The fourth-order valence-electron chi connectivity index (χ4n) is 2.41. The average Bonchev–Trinajstić information content (AvgIpc) is 2.98. The van der Waals surface area contributed by atoms with E-state index in [1.165, 1.54) is 0 Å². The number of guanidine groups is 1. The summed E-state index contributed by atoms with van der Waals surface area (Å²) < 4.78 is 15.7. The van der Waals surface area contributed by atoms with Crippen molar-refractivity contribution >= 4 is 5.96 Å². The summed E-state index contributed by atoms with van der Waals surface area (Å²) in [6.45, 7) is 6.14. The summed E-state index contributed by atoms with van der Waals surface area (Å²) in [6.07, 6.45) is 5.94. The molecule has 2 N–H and O–H groups in total. The molecule has 0 atom stereocenters. The highest BCUT2D eigenvalue weighted by Crippen LogP contribution is 2.08. The zero-order chi connectivity index (χ0) is 17.4. The minimum Gasteiger partial charge on any atom is -0.356 e. The van der Waals surface area contributed by atoms with Crippen LogP contribution in [0.2, 0.25) is 0 Å². The van der Waals surface area contributed by atoms with E-state index < -0.39 is 0 Å². The van der Waals surface area contributed by atoms with Gasteiger partial charge in [-0.25, -0.2) is 9.37 Å². The number of imidazole rings is 1. The molecule has 0 bridgehead atoms. The normalized spacial score (nSPS) is 11.6. The molecular formula is C18H26FN5. The standard InChI is InChI=1S/C18H26FN5/c1-14-6-7-16(12-17(14)19)13-23-18(20-3)22-8-4-5-10-24-11-9-21-15(24)2/h6-7,9,11-12H,4-5,8,10,13H2,1-3H3,(H2,20,22,23). The number of aromatic nitrogens is 2. The number of hydrogen-bond acceptors (Lipinski definition) is 2. The quantitative estimate of drug-likeness (QED) is 0.466. The number of halogens is 1. The Morgan fingerprint density at radius 3 is 2.75 bits per heavy atom. The third-order valence-corrected chi connectivity index (χ3v) is 3.96. The molecule has 2 rings (SSSR count). The second-order valence-corrected chi connectivity index (χ2v) is 5.81. The summed E-state index contributed by atoms with van der Waals surface area (Å²) in [7, 11) is 1.74. The lowest BCUT2D eigenvalue weighted by molar-refractivity contribution is 0.588. The minimum atomic E-state index is -0.174. The van der Waals surface area contributed by atoms with E-state index in [0.29, 0.717) is 12.1 Å². The molecule has 0 aliphatic carbocycles. The van der Waals surface area contributed by atoms with Gasteiger partial charge in [-0.05, 0) is 43.9 Å². The molecule has 0 saturated carbocycles. The van der Waals surface area contributed by atoms with E-state index in [0.717, 1.165) is 43.3 Å². The molecule has 24 heavy (non-hydrogen) atoms. The Morgan fingerprint density at radius 2 is 2.08 bits per heavy atom. The molecule has 130 valence electrons. The molecule has 0 radical (unpaired) electrons. The Hall–Kier alpha value is -2.37. The number of benzene rings is 1. The molecule has 0 fully saturated rings. The van der Waals surface area contributed by atoms with Gasteiger partial charge in [0.1, 0.15) is 11.6 Å². The van der Waals surface area contributed by atoms with Crippen molar-refractivity contribution in [1.82, 2.24) is 20.2 Å². The van der Waals surface area contributed by atoms with Gasteiger partial charge in [0.25, 0.3) is 0 Å². The van der Waals surface area contributed by atoms with Crippen molar-refractivity contribution in [3.8, 4) is 0 Å². The van der Waals surface area contributed by atoms with Gasteiger partial charge in [-0.2, -0.15) is 0 Å². The average molecular weight is 331 g/mol. The molecule has 1 aromatic carbocycles. The van der Waals surface area contributed by atoms with Gasteiger partial charge in [0.05, 0.1) is 0 Å². The second-order valence-electron chi connectivity index (χ2n) is 5.81. The Bertz CT molecular complexity index is 678. The van der Waals surface area contributed by atoms with Gasteiger partial charge in [0.15, 0.2) is 5.96 Å². The fraction of sp³-hybridized carbons (Fsp3) is 0.444. The zero-order valence-electron chi connectivity index (χ0n) is 14.6. The maximum atomic E-state index is 13.5. The first-order chi connectivity index (χ1) is 11.6. The summed E-state index contributed by atoms with van der Waals surface area (Å²) >= 11 is 0. The predicted octanol–water partition coefficient (Wildman–Crippen LogP) is 2.78. The van der Waals surface area contributed by atoms with Crippen LogP contribution in [0.5, 0.6) is 0 Å². The Labute approximate surface area is 143 Å². The van der Waals surface area contributed by atoms with Crippen LogP contribution in [0.25, 0.3) is 0 Å². The van der Waals surface area contributed by atoms with E-state index in [2.05, 4.69) is 25.2 Å². The van der Waals surface area contributed by atoms with Crippen molar-refractivity contribution in [2.75, 3.05) is 13.6 Å². The van der Waals surface area contributed by atoms with E-state index in [1.807, 2.05) is 25.4 Å². The highest BCUT2D eigenvalue weighted by molar-refractivity contribution is 5.79. The number of nitrogens with zero attached hydrogens (tertiary/aromatic N) is 3. The summed E-state index contributed by atoms with van der Waals surface area (Å²) in [4.78, 5) is 8.40. The Kier molecular flexibility index (Phi) is 6.78. The van der Waals surface area contributed by atoms with Crippen molar-refractivity contribution in [1.29, 1.82) is 0 Å². The molecule has 0 saturated heterocycles. The first-order valence-corrected chi connectivity index (χ1v) is 8.27. The summed E-state index contributed by atoms with van der Waals surface area (Å²) in [5.41, 5.74) is 1.56. The number of unbranched alkanes of at least 4 members (excludes halogenated alkanes) is 1. The topological polar surface area (TPSA) is 54.2 Å². The molecule has 2 aromatic rings. The third kappa shape index (κ3) is 5.37. The number of aryl methyl sites for hydroxylation is 3. The molecule has 0 spiro atoms. The van der Waals surface area contributed by atoms with Crippen LogP contribution in [-0.2, 0) is 13.1 Å². The van der Waals surface area contributed by atoms with E-state index in [9.17, 15) is 4.39 Å². The third-order valence-electron chi connectivity index (χ3n) is 3.96. The molecule has 0 unspecified atom stereocenters. The maximum Gasteiger partial charge on any atom is 0.191 e. The van der Waals surface area contributed by atoms with Gasteiger partial charge in [0.2, 0.25) is 0 Å². The van der Waals surface area contributed by atoms with Gasteiger partial charge in [-0.3, -0.25) is 4.99 Å². The first-order valence-electron chi connectivity index (χ1n) is 8.27. The molecule has 0 aliphatic heterocycles. The van der Waals surface area contributed by atoms with Crippen LogP contribution in [0.15, 0.2) is 35.6 Å². The van der Waals surface area contributed by atoms with Gasteiger partial charge in [0, 0.05) is 39.1 Å². The molecule has 0 amide bonds. The summed E-state index contributed by atoms with van der Waals surface area (Å²) in [6, 6.07) is 5.27. The van der Waals surface area contributed by atoms with Gasteiger partial charge < -0.3 is 15.2 Å². The summed E-state index contributed by atoms with van der Waals surface area (Å²) in [5, 5.41) is 6.48. The van der Waals surface area contributed by atoms with Crippen LogP contribution in [0.1, 0.15) is 29.8 Å². The highest BCUT2D eigenvalue weighted by Gasteiger charge is 2.02.